The summed E-state index contributed by atoms with van der Waals surface area (Å²) in [5.74, 6) is 0. The summed E-state index contributed by atoms with van der Waals surface area (Å²) in [5.41, 5.74) is 4.53. The largest absolute Gasteiger partial charge is 0.264 e. The van der Waals surface area contributed by atoms with E-state index < -0.39 is 0 Å². The lowest BCUT2D eigenvalue weighted by Crippen LogP contribution is -2.32. The Hall–Kier alpha value is -1.92. The van der Waals surface area contributed by atoms with E-state index in [1.165, 1.54) is 16.3 Å². The molecule has 0 unspecified atom stereocenters. The molecule has 0 saturated carbocycles. The van der Waals surface area contributed by atoms with Crippen molar-refractivity contribution in [2.75, 3.05) is 6.54 Å². The van der Waals surface area contributed by atoms with E-state index in [2.05, 4.69) is 68.0 Å². The highest BCUT2D eigenvalue weighted by atomic mass is 32.1. The molecule has 0 atom stereocenters. The fraction of sp³-hybridized carbons (Fsp3) is 0.444. The molecular weight excluding hydrogens is 318 g/mol. The zero-order valence-electron chi connectivity index (χ0n) is 14.9. The number of hydrogen-bond acceptors (Lipinski definition) is 4. The lowest BCUT2D eigenvalue weighted by atomic mass is 10.3. The summed E-state index contributed by atoms with van der Waals surface area (Å²) in [6.07, 6.45) is 1.05. The van der Waals surface area contributed by atoms with Gasteiger partial charge in [0.15, 0.2) is 0 Å². The molecule has 0 amide bonds. The molecule has 0 aromatic carbocycles. The van der Waals surface area contributed by atoms with Gasteiger partial charge < -0.3 is 0 Å². The summed E-state index contributed by atoms with van der Waals surface area (Å²) in [4.78, 5) is 3.82. The summed E-state index contributed by atoms with van der Waals surface area (Å²) in [7, 11) is 0. The molecule has 0 saturated heterocycles. The van der Waals surface area contributed by atoms with Crippen molar-refractivity contribution in [2.24, 2.45) is 0 Å². The predicted octanol–water partition coefficient (Wildman–Crippen LogP) is 3.53. The number of rotatable bonds is 7. The van der Waals surface area contributed by atoms with Crippen molar-refractivity contribution in [3.63, 3.8) is 0 Å². The predicted molar refractivity (Wildman–Crippen MR) is 98.1 cm³/mol. The second-order valence-corrected chi connectivity index (χ2v) is 7.39. The van der Waals surface area contributed by atoms with Crippen LogP contribution in [0, 0.1) is 27.7 Å². The first-order valence-corrected chi connectivity index (χ1v) is 9.16. The SMILES string of the molecule is Cc1cc(C)n(CN(CCc2cccs2)Cn2nc(C)cc2C)n1. The lowest BCUT2D eigenvalue weighted by Gasteiger charge is -2.23. The summed E-state index contributed by atoms with van der Waals surface area (Å²) in [6.45, 7) is 10.9. The Morgan fingerprint density at radius 3 is 1.96 bits per heavy atom. The van der Waals surface area contributed by atoms with Gasteiger partial charge in [-0.25, -0.2) is 0 Å². The van der Waals surface area contributed by atoms with Gasteiger partial charge in [0.1, 0.15) is 0 Å². The van der Waals surface area contributed by atoms with Crippen molar-refractivity contribution in [3.05, 3.63) is 57.3 Å². The first-order chi connectivity index (χ1) is 11.5. The van der Waals surface area contributed by atoms with E-state index in [4.69, 9.17) is 0 Å². The fourth-order valence-electron chi connectivity index (χ4n) is 2.92. The van der Waals surface area contributed by atoms with Crippen LogP contribution in [0.2, 0.25) is 0 Å². The van der Waals surface area contributed by atoms with Crippen molar-refractivity contribution in [1.82, 2.24) is 24.5 Å². The van der Waals surface area contributed by atoms with E-state index in [-0.39, 0.29) is 0 Å². The van der Waals surface area contributed by atoms with E-state index in [0.29, 0.717) is 0 Å². The van der Waals surface area contributed by atoms with Crippen LogP contribution >= 0.6 is 11.3 Å². The van der Waals surface area contributed by atoms with Crippen LogP contribution in [0.1, 0.15) is 27.7 Å². The highest BCUT2D eigenvalue weighted by Crippen LogP contribution is 2.12. The maximum Gasteiger partial charge on any atom is 0.0946 e. The van der Waals surface area contributed by atoms with Crippen molar-refractivity contribution in [1.29, 1.82) is 0 Å². The van der Waals surface area contributed by atoms with Crippen LogP contribution in [-0.2, 0) is 19.8 Å². The minimum absolute atomic E-state index is 0.781. The van der Waals surface area contributed by atoms with Crippen LogP contribution in [0.25, 0.3) is 0 Å². The van der Waals surface area contributed by atoms with Crippen molar-refractivity contribution < 1.29 is 0 Å². The molecule has 3 aromatic rings. The van der Waals surface area contributed by atoms with Gasteiger partial charge in [-0.1, -0.05) is 6.07 Å². The number of aryl methyl sites for hydroxylation is 4. The van der Waals surface area contributed by atoms with Gasteiger partial charge in [0.25, 0.3) is 0 Å². The topological polar surface area (TPSA) is 38.9 Å². The molecule has 24 heavy (non-hydrogen) atoms. The third kappa shape index (κ3) is 4.13. The Morgan fingerprint density at radius 1 is 0.958 bits per heavy atom. The Balaban J connectivity index is 1.74. The average Bonchev–Trinajstić information content (AvgIpc) is 3.20. The first kappa shape index (κ1) is 16.9. The van der Waals surface area contributed by atoms with Crippen LogP contribution < -0.4 is 0 Å². The summed E-state index contributed by atoms with van der Waals surface area (Å²) in [6, 6.07) is 8.57. The molecule has 0 N–H and O–H groups in total. The molecule has 3 heterocycles. The zero-order valence-corrected chi connectivity index (χ0v) is 15.7. The first-order valence-electron chi connectivity index (χ1n) is 8.28. The van der Waals surface area contributed by atoms with Crippen LogP contribution in [0.4, 0.5) is 0 Å². The molecule has 3 aromatic heterocycles. The van der Waals surface area contributed by atoms with Gasteiger partial charge >= 0.3 is 0 Å². The highest BCUT2D eigenvalue weighted by molar-refractivity contribution is 7.09. The van der Waals surface area contributed by atoms with Crippen LogP contribution in [-0.4, -0.2) is 31.0 Å². The van der Waals surface area contributed by atoms with Crippen molar-refractivity contribution in [3.8, 4) is 0 Å². The van der Waals surface area contributed by atoms with Gasteiger partial charge in [0.2, 0.25) is 0 Å². The van der Waals surface area contributed by atoms with Gasteiger partial charge in [0, 0.05) is 22.8 Å². The van der Waals surface area contributed by atoms with Crippen LogP contribution in [0.15, 0.2) is 29.6 Å². The second-order valence-electron chi connectivity index (χ2n) is 6.36. The Morgan fingerprint density at radius 2 is 1.54 bits per heavy atom. The molecule has 0 aliphatic carbocycles. The summed E-state index contributed by atoms with van der Waals surface area (Å²) in [5, 5.41) is 11.4. The maximum absolute atomic E-state index is 4.61. The van der Waals surface area contributed by atoms with Crippen LogP contribution in [0.3, 0.4) is 0 Å². The third-order valence-corrected chi connectivity index (χ3v) is 5.07. The van der Waals surface area contributed by atoms with E-state index in [1.807, 2.05) is 25.2 Å². The van der Waals surface area contributed by atoms with Crippen LogP contribution in [0.5, 0.6) is 0 Å². The number of hydrogen-bond donors (Lipinski definition) is 0. The minimum Gasteiger partial charge on any atom is -0.264 e. The molecule has 3 rings (SSSR count). The van der Waals surface area contributed by atoms with E-state index >= 15 is 0 Å². The summed E-state index contributed by atoms with van der Waals surface area (Å²) < 4.78 is 4.16. The zero-order chi connectivity index (χ0) is 17.1. The Bertz CT molecular complexity index is 736. The molecule has 5 nitrogen and oxygen atoms in total. The Labute approximate surface area is 147 Å². The van der Waals surface area contributed by atoms with Crippen molar-refractivity contribution >= 4 is 11.3 Å². The standard InChI is InChI=1S/C18H25N5S/c1-14-10-16(3)22(19-14)12-21(8-7-18-6-5-9-24-18)13-23-17(4)11-15(2)20-23/h5-6,9-11H,7-8,12-13H2,1-4H3. The molecule has 0 radical (unpaired) electrons. The molecule has 6 heteroatoms. The lowest BCUT2D eigenvalue weighted by molar-refractivity contribution is 0.152. The minimum atomic E-state index is 0.781. The molecule has 0 bridgehead atoms. The van der Waals surface area contributed by atoms with Gasteiger partial charge in [-0.05, 0) is 57.7 Å². The maximum atomic E-state index is 4.61. The van der Waals surface area contributed by atoms with Gasteiger partial charge in [0.05, 0.1) is 24.7 Å². The van der Waals surface area contributed by atoms with Gasteiger partial charge in [-0.2, -0.15) is 10.2 Å². The highest BCUT2D eigenvalue weighted by Gasteiger charge is 2.12. The van der Waals surface area contributed by atoms with E-state index in [1.54, 1.807) is 0 Å². The smallest absolute Gasteiger partial charge is 0.0946 e. The number of nitrogens with zero attached hydrogens (tertiary/aromatic N) is 5. The fourth-order valence-corrected chi connectivity index (χ4v) is 3.62. The van der Waals surface area contributed by atoms with Gasteiger partial charge in [-0.3, -0.25) is 14.3 Å². The summed E-state index contributed by atoms with van der Waals surface area (Å²) >= 11 is 1.82. The van der Waals surface area contributed by atoms with E-state index in [9.17, 15) is 0 Å². The van der Waals surface area contributed by atoms with Crippen molar-refractivity contribution in [2.45, 2.75) is 47.5 Å². The quantitative estimate of drug-likeness (QED) is 0.659. The van der Waals surface area contributed by atoms with Gasteiger partial charge in [-0.15, -0.1) is 11.3 Å². The molecule has 0 spiro atoms. The molecule has 0 aliphatic heterocycles. The average molecular weight is 344 g/mol. The number of aromatic nitrogens is 4. The second kappa shape index (κ2) is 7.32. The molecule has 128 valence electrons. The molecule has 0 aliphatic rings. The Kier molecular flexibility index (Phi) is 5.16. The van der Waals surface area contributed by atoms with E-state index in [0.717, 1.165) is 37.7 Å². The molecular formula is C18H25N5S. The monoisotopic (exact) mass is 343 g/mol. The number of thiophene rings is 1. The normalized spacial score (nSPS) is 11.5. The molecule has 0 fully saturated rings. The third-order valence-electron chi connectivity index (χ3n) is 4.13.